The van der Waals surface area contributed by atoms with Crippen molar-refractivity contribution in [1.29, 1.82) is 0 Å². The van der Waals surface area contributed by atoms with E-state index in [2.05, 4.69) is 5.32 Å². The topological polar surface area (TPSA) is 32.3 Å². The Balaban J connectivity index is 1.97. The molecule has 1 heterocycles. The molecule has 1 atom stereocenters. The van der Waals surface area contributed by atoms with Crippen molar-refractivity contribution in [2.24, 2.45) is 0 Å². The van der Waals surface area contributed by atoms with Crippen LogP contribution in [-0.2, 0) is 12.7 Å². The summed E-state index contributed by atoms with van der Waals surface area (Å²) >= 11 is 1.43. The highest BCUT2D eigenvalue weighted by Gasteiger charge is 2.31. The summed E-state index contributed by atoms with van der Waals surface area (Å²) in [6.07, 6.45) is -5.27. The number of hydrogen-bond acceptors (Lipinski definition) is 3. The fourth-order valence-corrected chi connectivity index (χ4v) is 2.52. The number of aliphatic hydroxyl groups is 1. The van der Waals surface area contributed by atoms with E-state index in [0.717, 1.165) is 17.7 Å². The summed E-state index contributed by atoms with van der Waals surface area (Å²) in [4.78, 5) is 0. The van der Waals surface area contributed by atoms with Gasteiger partial charge in [-0.1, -0.05) is 0 Å². The first-order valence-electron chi connectivity index (χ1n) is 6.14. The Bertz CT molecular complexity index is 583. The van der Waals surface area contributed by atoms with Crippen molar-refractivity contribution in [2.75, 3.05) is 6.54 Å². The molecule has 2 rings (SSSR count). The third kappa shape index (κ3) is 4.26. The summed E-state index contributed by atoms with van der Waals surface area (Å²) in [5.74, 6) is -0.708. The first-order valence-corrected chi connectivity index (χ1v) is 7.08. The van der Waals surface area contributed by atoms with Crippen LogP contribution in [0.3, 0.4) is 0 Å². The number of benzene rings is 1. The Morgan fingerprint density at radius 2 is 2.00 bits per heavy atom. The van der Waals surface area contributed by atoms with Crippen LogP contribution in [0.5, 0.6) is 0 Å². The molecule has 1 unspecified atom stereocenters. The van der Waals surface area contributed by atoms with Crippen LogP contribution in [0.15, 0.2) is 35.0 Å². The van der Waals surface area contributed by atoms with Crippen LogP contribution >= 0.6 is 11.3 Å². The van der Waals surface area contributed by atoms with Crippen molar-refractivity contribution in [3.05, 3.63) is 57.5 Å². The van der Waals surface area contributed by atoms with Gasteiger partial charge in [0.25, 0.3) is 0 Å². The highest BCUT2D eigenvalue weighted by Crippen LogP contribution is 2.30. The van der Waals surface area contributed by atoms with E-state index >= 15 is 0 Å². The van der Waals surface area contributed by atoms with Crippen molar-refractivity contribution in [3.63, 3.8) is 0 Å². The molecule has 0 aliphatic carbocycles. The number of hydrogen-bond donors (Lipinski definition) is 2. The molecule has 0 amide bonds. The summed E-state index contributed by atoms with van der Waals surface area (Å²) in [5.41, 5.74) is -0.251. The molecular weight excluding hydrogens is 306 g/mol. The smallest absolute Gasteiger partial charge is 0.387 e. The SMILES string of the molecule is OC(CNCc1cc(C(F)(F)F)ccc1F)c1ccsc1. The average molecular weight is 319 g/mol. The maximum atomic E-state index is 13.5. The Morgan fingerprint density at radius 1 is 1.24 bits per heavy atom. The quantitative estimate of drug-likeness (QED) is 0.823. The van der Waals surface area contributed by atoms with E-state index in [-0.39, 0.29) is 18.7 Å². The van der Waals surface area contributed by atoms with Gasteiger partial charge >= 0.3 is 6.18 Å². The third-order valence-corrected chi connectivity index (χ3v) is 3.66. The van der Waals surface area contributed by atoms with Crippen LogP contribution in [0.4, 0.5) is 17.6 Å². The molecule has 7 heteroatoms. The second-order valence-corrected chi connectivity index (χ2v) is 5.29. The second-order valence-electron chi connectivity index (χ2n) is 4.51. The van der Waals surface area contributed by atoms with Crippen LogP contribution in [-0.4, -0.2) is 11.7 Å². The van der Waals surface area contributed by atoms with Crippen LogP contribution < -0.4 is 5.32 Å². The van der Waals surface area contributed by atoms with Gasteiger partial charge in [0.15, 0.2) is 0 Å². The van der Waals surface area contributed by atoms with Crippen LogP contribution in [0.25, 0.3) is 0 Å². The minimum atomic E-state index is -4.50. The molecule has 0 radical (unpaired) electrons. The summed E-state index contributed by atoms with van der Waals surface area (Å²) in [5, 5.41) is 16.2. The van der Waals surface area contributed by atoms with Gasteiger partial charge in [-0.25, -0.2) is 4.39 Å². The number of nitrogens with one attached hydrogen (secondary N) is 1. The first kappa shape index (κ1) is 15.9. The van der Waals surface area contributed by atoms with Crippen molar-refractivity contribution >= 4 is 11.3 Å². The molecule has 2 N–H and O–H groups in total. The fourth-order valence-electron chi connectivity index (χ4n) is 1.81. The second kappa shape index (κ2) is 6.55. The number of thiophene rings is 1. The average Bonchev–Trinajstić information content (AvgIpc) is 2.93. The third-order valence-electron chi connectivity index (χ3n) is 2.95. The molecule has 0 fully saturated rings. The van der Waals surface area contributed by atoms with Crippen LogP contribution in [0.1, 0.15) is 22.8 Å². The fraction of sp³-hybridized carbons (Fsp3) is 0.286. The molecule has 1 aromatic heterocycles. The molecule has 0 saturated heterocycles. The summed E-state index contributed by atoms with van der Waals surface area (Å²) < 4.78 is 51.1. The van der Waals surface area contributed by atoms with Gasteiger partial charge in [0.2, 0.25) is 0 Å². The van der Waals surface area contributed by atoms with E-state index in [4.69, 9.17) is 0 Å². The van der Waals surface area contributed by atoms with E-state index in [1.807, 2.05) is 5.38 Å². The van der Waals surface area contributed by atoms with E-state index in [1.54, 1.807) is 11.4 Å². The molecule has 0 spiro atoms. The Hall–Kier alpha value is -1.44. The minimum Gasteiger partial charge on any atom is -0.387 e. The van der Waals surface area contributed by atoms with Gasteiger partial charge < -0.3 is 10.4 Å². The Labute approximate surface area is 123 Å². The Morgan fingerprint density at radius 3 is 2.62 bits per heavy atom. The lowest BCUT2D eigenvalue weighted by Crippen LogP contribution is -2.21. The Kier molecular flexibility index (Phi) is 4.97. The van der Waals surface area contributed by atoms with E-state index in [0.29, 0.717) is 6.07 Å². The number of rotatable bonds is 5. The highest BCUT2D eigenvalue weighted by molar-refractivity contribution is 7.07. The standard InChI is InChI=1S/C14H13F4NOS/c15-12-2-1-11(14(16,17)18)5-10(12)6-19-7-13(20)9-3-4-21-8-9/h1-5,8,13,19-20H,6-7H2. The summed E-state index contributed by atoms with van der Waals surface area (Å²) in [6, 6.07) is 4.04. The predicted molar refractivity (Wildman–Crippen MR) is 72.4 cm³/mol. The normalized spacial score (nSPS) is 13.4. The van der Waals surface area contributed by atoms with Crippen molar-refractivity contribution < 1.29 is 22.7 Å². The highest BCUT2D eigenvalue weighted by atomic mass is 32.1. The van der Waals surface area contributed by atoms with Gasteiger partial charge in [0, 0.05) is 18.7 Å². The minimum absolute atomic E-state index is 0.0812. The molecule has 0 saturated carbocycles. The lowest BCUT2D eigenvalue weighted by molar-refractivity contribution is -0.137. The largest absolute Gasteiger partial charge is 0.416 e. The van der Waals surface area contributed by atoms with E-state index < -0.39 is 23.7 Å². The lowest BCUT2D eigenvalue weighted by atomic mass is 10.1. The van der Waals surface area contributed by atoms with Crippen LogP contribution in [0.2, 0.25) is 0 Å². The summed E-state index contributed by atoms with van der Waals surface area (Å²) in [7, 11) is 0. The molecule has 0 aliphatic rings. The van der Waals surface area contributed by atoms with Gasteiger partial charge in [-0.15, -0.1) is 0 Å². The molecule has 2 nitrogen and oxygen atoms in total. The zero-order valence-corrected chi connectivity index (χ0v) is 11.6. The molecule has 0 bridgehead atoms. The molecule has 21 heavy (non-hydrogen) atoms. The molecule has 1 aromatic carbocycles. The molecule has 0 aliphatic heterocycles. The number of alkyl halides is 3. The predicted octanol–water partition coefficient (Wildman–Crippen LogP) is 3.73. The zero-order chi connectivity index (χ0) is 15.5. The molecular formula is C14H13F4NOS. The van der Waals surface area contributed by atoms with E-state index in [1.165, 1.54) is 11.3 Å². The number of halogens is 4. The maximum absolute atomic E-state index is 13.5. The van der Waals surface area contributed by atoms with E-state index in [9.17, 15) is 22.7 Å². The molecule has 114 valence electrons. The van der Waals surface area contributed by atoms with Crippen LogP contribution in [0, 0.1) is 5.82 Å². The van der Waals surface area contributed by atoms with Gasteiger partial charge in [-0.3, -0.25) is 0 Å². The first-order chi connectivity index (χ1) is 9.88. The monoisotopic (exact) mass is 319 g/mol. The van der Waals surface area contributed by atoms with Gasteiger partial charge in [0.05, 0.1) is 11.7 Å². The van der Waals surface area contributed by atoms with Crippen molar-refractivity contribution in [1.82, 2.24) is 5.32 Å². The zero-order valence-electron chi connectivity index (χ0n) is 10.8. The number of aliphatic hydroxyl groups excluding tert-OH is 1. The van der Waals surface area contributed by atoms with Gasteiger partial charge in [-0.05, 0) is 40.6 Å². The molecule has 2 aromatic rings. The van der Waals surface area contributed by atoms with Crippen molar-refractivity contribution in [2.45, 2.75) is 18.8 Å². The lowest BCUT2D eigenvalue weighted by Gasteiger charge is -2.13. The van der Waals surface area contributed by atoms with Crippen molar-refractivity contribution in [3.8, 4) is 0 Å². The maximum Gasteiger partial charge on any atom is 0.416 e. The summed E-state index contributed by atoms with van der Waals surface area (Å²) in [6.45, 7) is 0.0450. The van der Waals surface area contributed by atoms with Gasteiger partial charge in [-0.2, -0.15) is 24.5 Å². The van der Waals surface area contributed by atoms with Gasteiger partial charge in [0.1, 0.15) is 5.82 Å².